The van der Waals surface area contributed by atoms with Gasteiger partial charge in [-0.3, -0.25) is 4.98 Å². The highest BCUT2D eigenvalue weighted by molar-refractivity contribution is 6.01. The number of hydrogen-bond acceptors (Lipinski definition) is 3. The molecule has 0 bridgehead atoms. The Morgan fingerprint density at radius 2 is 2.31 bits per heavy atom. The van der Waals surface area contributed by atoms with E-state index in [9.17, 15) is 9.59 Å². The first-order valence-corrected chi connectivity index (χ1v) is 3.48. The summed E-state index contributed by atoms with van der Waals surface area (Å²) in [6.45, 7) is 0. The highest BCUT2D eigenvalue weighted by Gasteiger charge is 2.10. The summed E-state index contributed by atoms with van der Waals surface area (Å²) in [6.07, 6.45) is 2.54. The van der Waals surface area contributed by atoms with E-state index in [0.29, 0.717) is 11.0 Å². The average molecular weight is 179 g/mol. The van der Waals surface area contributed by atoms with E-state index >= 15 is 0 Å². The van der Waals surface area contributed by atoms with Crippen LogP contribution in [0.1, 0.15) is 10.4 Å². The molecule has 6 nitrogen and oxygen atoms in total. The summed E-state index contributed by atoms with van der Waals surface area (Å²) < 4.78 is 0. The number of nitrogens with zero attached hydrogens (tertiary/aromatic N) is 1. The molecule has 0 amide bonds. The van der Waals surface area contributed by atoms with Gasteiger partial charge in [-0.1, -0.05) is 0 Å². The Morgan fingerprint density at radius 1 is 1.54 bits per heavy atom. The molecule has 0 atom stereocenters. The monoisotopic (exact) mass is 179 g/mol. The van der Waals surface area contributed by atoms with Crippen molar-refractivity contribution in [1.82, 2.24) is 15.0 Å². The third kappa shape index (κ3) is 1.08. The molecule has 0 saturated carbocycles. The summed E-state index contributed by atoms with van der Waals surface area (Å²) in [5, 5.41) is 9.10. The number of aromatic amines is 2. The Kier molecular flexibility index (Phi) is 1.42. The quantitative estimate of drug-likeness (QED) is 0.571. The van der Waals surface area contributed by atoms with Crippen molar-refractivity contribution in [1.29, 1.82) is 0 Å². The third-order valence-corrected chi connectivity index (χ3v) is 1.69. The molecule has 0 aliphatic carbocycles. The molecule has 3 N–H and O–H groups in total. The van der Waals surface area contributed by atoms with Gasteiger partial charge in [0.05, 0.1) is 5.56 Å². The molecule has 2 heterocycles. The van der Waals surface area contributed by atoms with Crippen molar-refractivity contribution in [3.63, 3.8) is 0 Å². The fourth-order valence-corrected chi connectivity index (χ4v) is 1.11. The number of aromatic carboxylic acids is 1. The van der Waals surface area contributed by atoms with Gasteiger partial charge in [0.25, 0.3) is 0 Å². The van der Waals surface area contributed by atoms with Crippen LogP contribution in [-0.2, 0) is 0 Å². The van der Waals surface area contributed by atoms with Crippen molar-refractivity contribution < 1.29 is 9.90 Å². The Balaban J connectivity index is 2.83. The van der Waals surface area contributed by atoms with Crippen LogP contribution in [0, 0.1) is 0 Å². The average Bonchev–Trinajstić information content (AvgIpc) is 2.46. The molecule has 0 fully saturated rings. The lowest BCUT2D eigenvalue weighted by molar-refractivity contribution is 0.0699. The second-order valence-electron chi connectivity index (χ2n) is 2.48. The molecule has 0 aromatic carbocycles. The van der Waals surface area contributed by atoms with Crippen molar-refractivity contribution >= 4 is 17.0 Å². The van der Waals surface area contributed by atoms with E-state index in [2.05, 4.69) is 15.0 Å². The third-order valence-electron chi connectivity index (χ3n) is 1.69. The van der Waals surface area contributed by atoms with Crippen LogP contribution in [0.25, 0.3) is 11.0 Å². The topological polar surface area (TPSA) is 98.8 Å². The minimum atomic E-state index is -1.06. The Labute approximate surface area is 71.2 Å². The van der Waals surface area contributed by atoms with E-state index in [-0.39, 0.29) is 5.56 Å². The van der Waals surface area contributed by atoms with Crippen LogP contribution in [0.4, 0.5) is 0 Å². The molecule has 2 aromatic heterocycles. The fourth-order valence-electron chi connectivity index (χ4n) is 1.11. The fraction of sp³-hybridized carbons (Fsp3) is 0. The van der Waals surface area contributed by atoms with Crippen LogP contribution in [-0.4, -0.2) is 26.0 Å². The van der Waals surface area contributed by atoms with Crippen LogP contribution in [0.2, 0.25) is 0 Å². The minimum Gasteiger partial charge on any atom is -0.478 e. The molecule has 2 rings (SSSR count). The number of carbonyl (C=O) groups is 1. The summed E-state index contributed by atoms with van der Waals surface area (Å²) in [7, 11) is 0. The molecule has 0 spiro atoms. The van der Waals surface area contributed by atoms with E-state index in [0.717, 1.165) is 0 Å². The minimum absolute atomic E-state index is 0.0961. The van der Waals surface area contributed by atoms with Crippen LogP contribution >= 0.6 is 0 Å². The first-order valence-electron chi connectivity index (χ1n) is 3.48. The van der Waals surface area contributed by atoms with E-state index in [1.165, 1.54) is 12.4 Å². The van der Waals surface area contributed by atoms with Gasteiger partial charge >= 0.3 is 11.7 Å². The van der Waals surface area contributed by atoms with Gasteiger partial charge in [0, 0.05) is 17.8 Å². The second-order valence-corrected chi connectivity index (χ2v) is 2.48. The molecule has 13 heavy (non-hydrogen) atoms. The smallest absolute Gasteiger partial charge is 0.346 e. The predicted molar refractivity (Wildman–Crippen MR) is 43.7 cm³/mol. The maximum atomic E-state index is 10.7. The SMILES string of the molecule is O=C(O)c1c[nH]c2[nH]c(=O)ncc12. The zero-order valence-electron chi connectivity index (χ0n) is 6.37. The Morgan fingerprint density at radius 3 is 3.00 bits per heavy atom. The lowest BCUT2D eigenvalue weighted by Crippen LogP contribution is -2.08. The normalized spacial score (nSPS) is 10.5. The van der Waals surface area contributed by atoms with Gasteiger partial charge < -0.3 is 10.1 Å². The lowest BCUT2D eigenvalue weighted by Gasteiger charge is -1.89. The van der Waals surface area contributed by atoms with Crippen LogP contribution in [0.5, 0.6) is 0 Å². The van der Waals surface area contributed by atoms with Gasteiger partial charge in [-0.25, -0.2) is 14.6 Å². The maximum Gasteiger partial charge on any atom is 0.346 e. The number of aromatic nitrogens is 3. The Bertz CT molecular complexity index is 525. The number of carboxylic acid groups (broad SMARTS) is 1. The number of nitrogens with one attached hydrogen (secondary N) is 2. The van der Waals surface area contributed by atoms with Crippen LogP contribution in [0.15, 0.2) is 17.2 Å². The molecule has 0 saturated heterocycles. The number of carboxylic acids is 1. The van der Waals surface area contributed by atoms with Gasteiger partial charge in [-0.2, -0.15) is 0 Å². The molecule has 66 valence electrons. The zero-order valence-corrected chi connectivity index (χ0v) is 6.37. The summed E-state index contributed by atoms with van der Waals surface area (Å²) in [5.41, 5.74) is -0.0394. The van der Waals surface area contributed by atoms with Gasteiger partial charge in [-0.05, 0) is 0 Å². The molecule has 0 unspecified atom stereocenters. The number of fused-ring (bicyclic) bond motifs is 1. The molecule has 0 radical (unpaired) electrons. The molecule has 0 aliphatic heterocycles. The van der Waals surface area contributed by atoms with Crippen molar-refractivity contribution in [3.8, 4) is 0 Å². The molecular weight excluding hydrogens is 174 g/mol. The largest absolute Gasteiger partial charge is 0.478 e. The summed E-state index contributed by atoms with van der Waals surface area (Å²) >= 11 is 0. The van der Waals surface area contributed by atoms with E-state index in [1.54, 1.807) is 0 Å². The highest BCUT2D eigenvalue weighted by atomic mass is 16.4. The summed E-state index contributed by atoms with van der Waals surface area (Å²) in [5.74, 6) is -1.06. The van der Waals surface area contributed by atoms with Gasteiger partial charge in [0.1, 0.15) is 5.65 Å². The zero-order chi connectivity index (χ0) is 9.42. The van der Waals surface area contributed by atoms with Crippen molar-refractivity contribution in [2.24, 2.45) is 0 Å². The lowest BCUT2D eigenvalue weighted by atomic mass is 10.2. The number of H-pyrrole nitrogens is 2. The van der Waals surface area contributed by atoms with Crippen LogP contribution < -0.4 is 5.69 Å². The molecule has 6 heteroatoms. The first kappa shape index (κ1) is 7.53. The number of hydrogen-bond donors (Lipinski definition) is 3. The predicted octanol–water partition coefficient (Wildman–Crippen LogP) is -0.0506. The van der Waals surface area contributed by atoms with E-state index < -0.39 is 11.7 Å². The maximum absolute atomic E-state index is 10.7. The first-order chi connectivity index (χ1) is 6.18. The van der Waals surface area contributed by atoms with E-state index in [1.807, 2.05) is 0 Å². The van der Waals surface area contributed by atoms with E-state index in [4.69, 9.17) is 5.11 Å². The van der Waals surface area contributed by atoms with Crippen molar-refractivity contribution in [3.05, 3.63) is 28.4 Å². The van der Waals surface area contributed by atoms with Crippen molar-refractivity contribution in [2.45, 2.75) is 0 Å². The molecule has 0 aliphatic rings. The van der Waals surface area contributed by atoms with Gasteiger partial charge in [0.2, 0.25) is 0 Å². The highest BCUT2D eigenvalue weighted by Crippen LogP contribution is 2.12. The van der Waals surface area contributed by atoms with Crippen LogP contribution in [0.3, 0.4) is 0 Å². The standard InChI is InChI=1S/C7H5N3O3/c11-6(12)4-2-8-5-3(4)1-9-7(13)10-5/h1-2H,(H,11,12)(H2,8,9,10,13). The molecule has 2 aromatic rings. The molecular formula is C7H5N3O3. The van der Waals surface area contributed by atoms with Gasteiger partial charge in [0.15, 0.2) is 0 Å². The summed E-state index contributed by atoms with van der Waals surface area (Å²) in [4.78, 5) is 29.8. The van der Waals surface area contributed by atoms with Gasteiger partial charge in [-0.15, -0.1) is 0 Å². The van der Waals surface area contributed by atoms with Crippen molar-refractivity contribution in [2.75, 3.05) is 0 Å². The number of rotatable bonds is 1. The summed E-state index contributed by atoms with van der Waals surface area (Å²) in [6, 6.07) is 0. The second kappa shape index (κ2) is 2.44. The Hall–Kier alpha value is -2.11.